The van der Waals surface area contributed by atoms with E-state index >= 15 is 0 Å². The van der Waals surface area contributed by atoms with Crippen molar-refractivity contribution < 1.29 is 9.59 Å². The van der Waals surface area contributed by atoms with Gasteiger partial charge in [0.05, 0.1) is 5.69 Å². The molecule has 6 nitrogen and oxygen atoms in total. The molecule has 0 aliphatic heterocycles. The lowest BCUT2D eigenvalue weighted by molar-refractivity contribution is -0.117. The van der Waals surface area contributed by atoms with Crippen LogP contribution in [0, 0.1) is 6.92 Å². The average Bonchev–Trinajstić information content (AvgIpc) is 3.62. The minimum atomic E-state index is -0.293. The molecule has 0 unspecified atom stereocenters. The standard InChI is InChI=1S/C28H25ClN4O2/c1-19-6-5-9-24(16-19)33-17-25(20-7-3-2-4-8-20)30-28(33)31-26(34)18-32(23-14-15-23)27(35)21-10-12-22(29)13-11-21/h2-13,16-17,23H,14-15,18H2,1H3,(H,30,31,34). The highest BCUT2D eigenvalue weighted by molar-refractivity contribution is 6.30. The second-order valence-corrected chi connectivity index (χ2v) is 9.18. The first-order valence-electron chi connectivity index (χ1n) is 11.6. The van der Waals surface area contributed by atoms with E-state index in [0.29, 0.717) is 16.5 Å². The van der Waals surface area contributed by atoms with Gasteiger partial charge in [0.2, 0.25) is 11.9 Å². The van der Waals surface area contributed by atoms with Gasteiger partial charge in [-0.05, 0) is 61.7 Å². The number of carbonyl (C=O) groups excluding carboxylic acids is 2. The van der Waals surface area contributed by atoms with E-state index < -0.39 is 0 Å². The van der Waals surface area contributed by atoms with Gasteiger partial charge in [-0.25, -0.2) is 4.98 Å². The molecule has 7 heteroatoms. The maximum atomic E-state index is 13.2. The second-order valence-electron chi connectivity index (χ2n) is 8.74. The molecule has 1 fully saturated rings. The summed E-state index contributed by atoms with van der Waals surface area (Å²) in [6.45, 7) is 1.97. The molecular formula is C28H25ClN4O2. The largest absolute Gasteiger partial charge is 0.326 e. The summed E-state index contributed by atoms with van der Waals surface area (Å²) < 4.78 is 1.87. The van der Waals surface area contributed by atoms with E-state index in [9.17, 15) is 9.59 Å². The molecule has 1 aromatic heterocycles. The number of hydrogen-bond acceptors (Lipinski definition) is 3. The third kappa shape index (κ3) is 5.28. The smallest absolute Gasteiger partial charge is 0.254 e. The van der Waals surface area contributed by atoms with Crippen LogP contribution in [0.4, 0.5) is 5.95 Å². The SMILES string of the molecule is Cc1cccc(-n2cc(-c3ccccc3)nc2NC(=O)CN(C(=O)c2ccc(Cl)cc2)C2CC2)c1. The second kappa shape index (κ2) is 9.76. The predicted molar refractivity (Wildman–Crippen MR) is 138 cm³/mol. The lowest BCUT2D eigenvalue weighted by atomic mass is 10.2. The molecule has 1 aliphatic carbocycles. The van der Waals surface area contributed by atoms with E-state index in [4.69, 9.17) is 16.6 Å². The summed E-state index contributed by atoms with van der Waals surface area (Å²) in [6, 6.07) is 24.6. The highest BCUT2D eigenvalue weighted by Gasteiger charge is 2.34. The zero-order chi connectivity index (χ0) is 24.4. The van der Waals surface area contributed by atoms with E-state index in [1.54, 1.807) is 29.2 Å². The number of aryl methyl sites for hydroxylation is 1. The Balaban J connectivity index is 1.41. The van der Waals surface area contributed by atoms with E-state index in [1.165, 1.54) is 0 Å². The van der Waals surface area contributed by atoms with Crippen molar-refractivity contribution in [3.05, 3.63) is 101 Å². The Hall–Kier alpha value is -3.90. The molecule has 5 rings (SSSR count). The Morgan fingerprint density at radius 3 is 2.46 bits per heavy atom. The number of nitrogens with one attached hydrogen (secondary N) is 1. The molecule has 4 aromatic rings. The molecule has 1 N–H and O–H groups in total. The lowest BCUT2D eigenvalue weighted by Crippen LogP contribution is -2.39. The van der Waals surface area contributed by atoms with Gasteiger partial charge in [-0.15, -0.1) is 0 Å². The number of rotatable bonds is 7. The summed E-state index contributed by atoms with van der Waals surface area (Å²) >= 11 is 5.97. The minimum Gasteiger partial charge on any atom is -0.326 e. The number of anilines is 1. The van der Waals surface area contributed by atoms with Crippen molar-refractivity contribution in [3.8, 4) is 16.9 Å². The van der Waals surface area contributed by atoms with Gasteiger partial charge in [0.25, 0.3) is 5.91 Å². The Kier molecular flexibility index (Phi) is 6.38. The van der Waals surface area contributed by atoms with Crippen molar-refractivity contribution in [3.63, 3.8) is 0 Å². The highest BCUT2D eigenvalue weighted by Crippen LogP contribution is 2.29. The normalized spacial score (nSPS) is 12.9. The molecule has 0 atom stereocenters. The Labute approximate surface area is 209 Å². The summed E-state index contributed by atoms with van der Waals surface area (Å²) in [5.41, 5.74) is 4.21. The fourth-order valence-electron chi connectivity index (χ4n) is 4.02. The van der Waals surface area contributed by atoms with Crippen LogP contribution >= 0.6 is 11.6 Å². The number of hydrogen-bond donors (Lipinski definition) is 1. The fraction of sp³-hybridized carbons (Fsp3) is 0.179. The molecule has 2 amide bonds. The zero-order valence-corrected chi connectivity index (χ0v) is 20.1. The van der Waals surface area contributed by atoms with Crippen molar-refractivity contribution in [2.45, 2.75) is 25.8 Å². The fourth-order valence-corrected chi connectivity index (χ4v) is 4.15. The van der Waals surface area contributed by atoms with Gasteiger partial charge < -0.3 is 4.90 Å². The molecule has 176 valence electrons. The van der Waals surface area contributed by atoms with Crippen LogP contribution in [0.15, 0.2) is 85.1 Å². The van der Waals surface area contributed by atoms with Gasteiger partial charge in [-0.2, -0.15) is 0 Å². The summed E-state index contributed by atoms with van der Waals surface area (Å²) in [5, 5.41) is 3.51. The van der Waals surface area contributed by atoms with Gasteiger partial charge in [0.1, 0.15) is 6.54 Å². The summed E-state index contributed by atoms with van der Waals surface area (Å²) in [6.07, 6.45) is 3.70. The van der Waals surface area contributed by atoms with Crippen LogP contribution in [0.25, 0.3) is 16.9 Å². The maximum absolute atomic E-state index is 13.2. The van der Waals surface area contributed by atoms with Crippen molar-refractivity contribution in [2.75, 3.05) is 11.9 Å². The zero-order valence-electron chi connectivity index (χ0n) is 19.3. The number of halogens is 1. The van der Waals surface area contributed by atoms with Crippen molar-refractivity contribution in [1.82, 2.24) is 14.5 Å². The molecule has 1 aliphatic rings. The summed E-state index contributed by atoms with van der Waals surface area (Å²) in [7, 11) is 0. The Morgan fingerprint density at radius 1 is 1.03 bits per heavy atom. The predicted octanol–water partition coefficient (Wildman–Crippen LogP) is 5.74. The number of aromatic nitrogens is 2. The van der Waals surface area contributed by atoms with Crippen molar-refractivity contribution in [1.29, 1.82) is 0 Å². The molecule has 0 radical (unpaired) electrons. The first kappa shape index (κ1) is 22.9. The van der Waals surface area contributed by atoms with E-state index in [-0.39, 0.29) is 24.4 Å². The average molecular weight is 485 g/mol. The maximum Gasteiger partial charge on any atom is 0.254 e. The van der Waals surface area contributed by atoms with Gasteiger partial charge >= 0.3 is 0 Å². The van der Waals surface area contributed by atoms with Crippen LogP contribution in [-0.4, -0.2) is 38.9 Å². The molecule has 35 heavy (non-hydrogen) atoms. The van der Waals surface area contributed by atoms with Crippen LogP contribution in [-0.2, 0) is 4.79 Å². The van der Waals surface area contributed by atoms with Crippen LogP contribution in [0.2, 0.25) is 5.02 Å². The highest BCUT2D eigenvalue weighted by atomic mass is 35.5. The van der Waals surface area contributed by atoms with Gasteiger partial charge in [-0.1, -0.05) is 54.1 Å². The lowest BCUT2D eigenvalue weighted by Gasteiger charge is -2.22. The van der Waals surface area contributed by atoms with Crippen LogP contribution < -0.4 is 5.32 Å². The third-order valence-electron chi connectivity index (χ3n) is 5.96. The molecular weight excluding hydrogens is 460 g/mol. The molecule has 1 saturated carbocycles. The summed E-state index contributed by atoms with van der Waals surface area (Å²) in [4.78, 5) is 32.6. The molecule has 0 bridgehead atoms. The topological polar surface area (TPSA) is 67.2 Å². The first-order valence-corrected chi connectivity index (χ1v) is 11.9. The molecule has 0 saturated heterocycles. The Bertz CT molecular complexity index is 1360. The van der Waals surface area contributed by atoms with Crippen LogP contribution in [0.1, 0.15) is 28.8 Å². The van der Waals surface area contributed by atoms with Gasteiger partial charge in [0, 0.05) is 34.1 Å². The quantitative estimate of drug-likeness (QED) is 0.363. The number of benzene rings is 3. The van der Waals surface area contributed by atoms with E-state index in [0.717, 1.165) is 35.3 Å². The van der Waals surface area contributed by atoms with Crippen LogP contribution in [0.3, 0.4) is 0 Å². The van der Waals surface area contributed by atoms with Crippen molar-refractivity contribution in [2.24, 2.45) is 0 Å². The van der Waals surface area contributed by atoms with E-state index in [1.807, 2.05) is 72.3 Å². The van der Waals surface area contributed by atoms with Crippen molar-refractivity contribution >= 4 is 29.4 Å². The first-order chi connectivity index (χ1) is 17.0. The number of amides is 2. The van der Waals surface area contributed by atoms with Gasteiger partial charge in [0.15, 0.2) is 0 Å². The summed E-state index contributed by atoms with van der Waals surface area (Å²) in [5.74, 6) is -0.0567. The number of carbonyl (C=O) groups is 2. The number of imidazole rings is 1. The molecule has 3 aromatic carbocycles. The van der Waals surface area contributed by atoms with Crippen LogP contribution in [0.5, 0.6) is 0 Å². The molecule has 0 spiro atoms. The number of nitrogens with zero attached hydrogens (tertiary/aromatic N) is 3. The van der Waals surface area contributed by atoms with Gasteiger partial charge in [-0.3, -0.25) is 19.5 Å². The molecule has 1 heterocycles. The Morgan fingerprint density at radius 2 is 1.77 bits per heavy atom. The monoisotopic (exact) mass is 484 g/mol. The minimum absolute atomic E-state index is 0.0481. The third-order valence-corrected chi connectivity index (χ3v) is 6.21. The van der Waals surface area contributed by atoms with E-state index in [2.05, 4.69) is 5.32 Å².